The van der Waals surface area contributed by atoms with Crippen molar-refractivity contribution < 1.29 is 5.11 Å². The van der Waals surface area contributed by atoms with Crippen molar-refractivity contribution in [1.82, 2.24) is 15.1 Å². The summed E-state index contributed by atoms with van der Waals surface area (Å²) in [5.41, 5.74) is 2.22. The zero-order valence-corrected chi connectivity index (χ0v) is 13.0. The Morgan fingerprint density at radius 1 is 1.19 bits per heavy atom. The molecular formula is C17H25N3O. The minimum atomic E-state index is 0.210. The Hall–Kier alpha value is -1.65. The molecule has 2 atom stereocenters. The first-order chi connectivity index (χ1) is 10.1. The largest absolute Gasteiger partial charge is 0.396 e. The van der Waals surface area contributed by atoms with Gasteiger partial charge >= 0.3 is 0 Å². The van der Waals surface area contributed by atoms with Crippen molar-refractivity contribution in [2.45, 2.75) is 39.3 Å². The molecule has 0 bridgehead atoms. The molecule has 1 aromatic carbocycles. The number of benzene rings is 1. The van der Waals surface area contributed by atoms with E-state index in [1.54, 1.807) is 0 Å². The number of hydrogen-bond donors (Lipinski definition) is 2. The Morgan fingerprint density at radius 2 is 1.90 bits per heavy atom. The highest BCUT2D eigenvalue weighted by Gasteiger charge is 2.17. The van der Waals surface area contributed by atoms with Crippen molar-refractivity contribution in [3.63, 3.8) is 0 Å². The third kappa shape index (κ3) is 4.16. The molecule has 21 heavy (non-hydrogen) atoms. The molecule has 0 aliphatic heterocycles. The van der Waals surface area contributed by atoms with Crippen LogP contribution in [0.4, 0.5) is 0 Å². The van der Waals surface area contributed by atoms with Gasteiger partial charge in [0.1, 0.15) is 0 Å². The molecule has 0 spiro atoms. The second-order valence-electron chi connectivity index (χ2n) is 5.80. The first-order valence-corrected chi connectivity index (χ1v) is 7.58. The van der Waals surface area contributed by atoms with Crippen LogP contribution in [-0.2, 0) is 0 Å². The van der Waals surface area contributed by atoms with Gasteiger partial charge in [-0.1, -0.05) is 32.0 Å². The summed E-state index contributed by atoms with van der Waals surface area (Å²) in [4.78, 5) is 0. The Labute approximate surface area is 126 Å². The maximum Gasteiger partial charge on any atom is 0.0645 e. The van der Waals surface area contributed by atoms with E-state index < -0.39 is 0 Å². The number of aliphatic hydroxyl groups excluding tert-OH is 1. The first kappa shape index (κ1) is 15.7. The van der Waals surface area contributed by atoms with Gasteiger partial charge < -0.3 is 10.4 Å². The average molecular weight is 287 g/mol. The molecule has 4 heteroatoms. The van der Waals surface area contributed by atoms with E-state index in [2.05, 4.69) is 37.4 Å². The highest BCUT2D eigenvalue weighted by atomic mass is 16.3. The molecule has 0 saturated carbocycles. The topological polar surface area (TPSA) is 50.1 Å². The third-order valence-corrected chi connectivity index (χ3v) is 3.83. The number of hydrogen-bond acceptors (Lipinski definition) is 3. The molecule has 0 aliphatic carbocycles. The Balaban J connectivity index is 2.06. The lowest BCUT2D eigenvalue weighted by Crippen LogP contribution is -2.36. The molecule has 2 N–H and O–H groups in total. The average Bonchev–Trinajstić information content (AvgIpc) is 2.97. The second-order valence-corrected chi connectivity index (χ2v) is 5.80. The van der Waals surface area contributed by atoms with Crippen LogP contribution in [0.25, 0.3) is 5.69 Å². The lowest BCUT2D eigenvalue weighted by atomic mass is 9.99. The van der Waals surface area contributed by atoms with E-state index in [4.69, 9.17) is 5.11 Å². The van der Waals surface area contributed by atoms with Crippen LogP contribution < -0.4 is 5.32 Å². The number of nitrogens with zero attached hydrogens (tertiary/aromatic N) is 2. The summed E-state index contributed by atoms with van der Waals surface area (Å²) in [5, 5.41) is 17.2. The maximum absolute atomic E-state index is 9.17. The van der Waals surface area contributed by atoms with Crippen molar-refractivity contribution in [3.05, 3.63) is 48.3 Å². The van der Waals surface area contributed by atoms with Gasteiger partial charge in [0.2, 0.25) is 0 Å². The predicted octanol–water partition coefficient (Wildman–Crippen LogP) is 2.93. The quantitative estimate of drug-likeness (QED) is 0.823. The van der Waals surface area contributed by atoms with Gasteiger partial charge in [-0.25, -0.2) is 4.68 Å². The van der Waals surface area contributed by atoms with E-state index in [1.165, 1.54) is 0 Å². The SMILES string of the molecule is CC(NC(CCO)C(C)C)c1cnn(-c2ccccc2)c1. The van der Waals surface area contributed by atoms with Gasteiger partial charge in [-0.15, -0.1) is 0 Å². The number of aliphatic hydroxyl groups is 1. The van der Waals surface area contributed by atoms with Gasteiger partial charge in [0, 0.05) is 30.5 Å². The highest BCUT2D eigenvalue weighted by Crippen LogP contribution is 2.17. The van der Waals surface area contributed by atoms with Crippen LogP contribution in [0.1, 0.15) is 38.8 Å². The summed E-state index contributed by atoms with van der Waals surface area (Å²) in [5.74, 6) is 0.490. The van der Waals surface area contributed by atoms with Gasteiger partial charge in [0.05, 0.1) is 11.9 Å². The fourth-order valence-corrected chi connectivity index (χ4v) is 2.45. The van der Waals surface area contributed by atoms with E-state index in [9.17, 15) is 0 Å². The van der Waals surface area contributed by atoms with Crippen LogP contribution in [0.3, 0.4) is 0 Å². The minimum absolute atomic E-state index is 0.210. The first-order valence-electron chi connectivity index (χ1n) is 7.58. The van der Waals surface area contributed by atoms with E-state index in [1.807, 2.05) is 41.2 Å². The summed E-state index contributed by atoms with van der Waals surface area (Å²) < 4.78 is 1.89. The molecule has 1 heterocycles. The summed E-state index contributed by atoms with van der Waals surface area (Å²) in [6.45, 7) is 6.70. The Bertz CT molecular complexity index is 536. The van der Waals surface area contributed by atoms with Crippen LogP contribution in [0.5, 0.6) is 0 Å². The Morgan fingerprint density at radius 3 is 2.52 bits per heavy atom. The second kappa shape index (κ2) is 7.38. The lowest BCUT2D eigenvalue weighted by Gasteiger charge is -2.25. The van der Waals surface area contributed by atoms with Crippen molar-refractivity contribution in [3.8, 4) is 5.69 Å². The summed E-state index contributed by atoms with van der Waals surface area (Å²) in [6.07, 6.45) is 4.74. The molecule has 1 aromatic heterocycles. The summed E-state index contributed by atoms with van der Waals surface area (Å²) >= 11 is 0. The van der Waals surface area contributed by atoms with Crippen molar-refractivity contribution in [2.75, 3.05) is 6.61 Å². The number of aromatic nitrogens is 2. The van der Waals surface area contributed by atoms with Crippen molar-refractivity contribution >= 4 is 0 Å². The van der Waals surface area contributed by atoms with E-state index >= 15 is 0 Å². The zero-order valence-electron chi connectivity index (χ0n) is 13.0. The van der Waals surface area contributed by atoms with E-state index in [0.29, 0.717) is 12.0 Å². The molecule has 2 rings (SSSR count). The molecule has 2 aromatic rings. The van der Waals surface area contributed by atoms with Gasteiger partial charge in [-0.05, 0) is 31.4 Å². The maximum atomic E-state index is 9.17. The molecule has 0 saturated heterocycles. The van der Waals surface area contributed by atoms with Crippen LogP contribution in [0, 0.1) is 5.92 Å². The van der Waals surface area contributed by atoms with Gasteiger partial charge in [-0.3, -0.25) is 0 Å². The standard InChI is InChI=1S/C17H25N3O/c1-13(2)17(9-10-21)19-14(3)15-11-18-20(12-15)16-7-5-4-6-8-16/h4-8,11-14,17,19,21H,9-10H2,1-3H3. The molecule has 0 radical (unpaired) electrons. The number of nitrogens with one attached hydrogen (secondary N) is 1. The van der Waals surface area contributed by atoms with E-state index in [-0.39, 0.29) is 12.6 Å². The van der Waals surface area contributed by atoms with Crippen LogP contribution in [0.15, 0.2) is 42.7 Å². The minimum Gasteiger partial charge on any atom is -0.396 e. The fraction of sp³-hybridized carbons (Fsp3) is 0.471. The summed E-state index contributed by atoms with van der Waals surface area (Å²) in [6, 6.07) is 10.6. The molecule has 0 aliphatic rings. The third-order valence-electron chi connectivity index (χ3n) is 3.83. The van der Waals surface area contributed by atoms with Gasteiger partial charge in [0.15, 0.2) is 0 Å². The molecule has 0 amide bonds. The molecular weight excluding hydrogens is 262 g/mol. The molecule has 0 fully saturated rings. The van der Waals surface area contributed by atoms with Gasteiger partial charge in [-0.2, -0.15) is 5.10 Å². The molecule has 4 nitrogen and oxygen atoms in total. The molecule has 2 unspecified atom stereocenters. The molecule has 114 valence electrons. The van der Waals surface area contributed by atoms with Crippen LogP contribution in [-0.4, -0.2) is 27.5 Å². The van der Waals surface area contributed by atoms with E-state index in [0.717, 1.165) is 17.7 Å². The van der Waals surface area contributed by atoms with Crippen molar-refractivity contribution in [2.24, 2.45) is 5.92 Å². The lowest BCUT2D eigenvalue weighted by molar-refractivity contribution is 0.237. The summed E-state index contributed by atoms with van der Waals surface area (Å²) in [7, 11) is 0. The monoisotopic (exact) mass is 287 g/mol. The number of rotatable bonds is 7. The highest BCUT2D eigenvalue weighted by molar-refractivity contribution is 5.31. The van der Waals surface area contributed by atoms with Crippen LogP contribution in [0.2, 0.25) is 0 Å². The fourth-order valence-electron chi connectivity index (χ4n) is 2.45. The van der Waals surface area contributed by atoms with Crippen molar-refractivity contribution in [1.29, 1.82) is 0 Å². The smallest absolute Gasteiger partial charge is 0.0645 e. The van der Waals surface area contributed by atoms with Crippen LogP contribution >= 0.6 is 0 Å². The predicted molar refractivity (Wildman–Crippen MR) is 85.4 cm³/mol. The zero-order chi connectivity index (χ0) is 15.2. The normalized spacial score (nSPS) is 14.3. The Kier molecular flexibility index (Phi) is 5.53. The van der Waals surface area contributed by atoms with Gasteiger partial charge in [0.25, 0.3) is 0 Å². The number of para-hydroxylation sites is 1.